The highest BCUT2D eigenvalue weighted by atomic mass is 16.5. The van der Waals surface area contributed by atoms with Gasteiger partial charge in [0.1, 0.15) is 30.3 Å². The quantitative estimate of drug-likeness (QED) is 0.317. The fourth-order valence-corrected chi connectivity index (χ4v) is 4.62. The maximum Gasteiger partial charge on any atom is 0.337 e. The summed E-state index contributed by atoms with van der Waals surface area (Å²) in [4.78, 5) is 11.8. The molecule has 1 heterocycles. The first-order valence-corrected chi connectivity index (χ1v) is 12.6. The van der Waals surface area contributed by atoms with Gasteiger partial charge in [-0.1, -0.05) is 42.5 Å². The van der Waals surface area contributed by atoms with Crippen LogP contribution in [0.3, 0.4) is 0 Å². The molecular formula is C31H31NO5. The minimum absolute atomic E-state index is 0.0604. The van der Waals surface area contributed by atoms with Gasteiger partial charge in [0, 0.05) is 13.1 Å². The van der Waals surface area contributed by atoms with Crippen LogP contribution < -0.4 is 14.8 Å². The van der Waals surface area contributed by atoms with Gasteiger partial charge >= 0.3 is 5.97 Å². The Morgan fingerprint density at radius 3 is 2.59 bits per heavy atom. The molecule has 190 valence electrons. The van der Waals surface area contributed by atoms with Gasteiger partial charge in [-0.2, -0.15) is 0 Å². The lowest BCUT2D eigenvalue weighted by atomic mass is 9.95. The maximum atomic E-state index is 11.8. The SMILES string of the molecule is COC(=O)c1ccc2cc(-c3ccc4c(c3)CCC(CNCC(O)COc3ccccc3)O4)ccc2c1. The van der Waals surface area contributed by atoms with Gasteiger partial charge in [-0.25, -0.2) is 4.79 Å². The lowest BCUT2D eigenvalue weighted by Crippen LogP contribution is -2.39. The molecule has 4 aromatic rings. The Kier molecular flexibility index (Phi) is 7.68. The van der Waals surface area contributed by atoms with Crippen molar-refractivity contribution in [1.82, 2.24) is 5.32 Å². The number of aryl methyl sites for hydroxylation is 1. The van der Waals surface area contributed by atoms with Crippen LogP contribution in [0.2, 0.25) is 0 Å². The third kappa shape index (κ3) is 6.10. The smallest absolute Gasteiger partial charge is 0.337 e. The Labute approximate surface area is 216 Å². The van der Waals surface area contributed by atoms with Gasteiger partial charge in [0.05, 0.1) is 12.7 Å². The molecule has 2 atom stereocenters. The summed E-state index contributed by atoms with van der Waals surface area (Å²) < 4.78 is 16.7. The predicted molar refractivity (Wildman–Crippen MR) is 144 cm³/mol. The van der Waals surface area contributed by atoms with Gasteiger partial charge < -0.3 is 24.6 Å². The van der Waals surface area contributed by atoms with Crippen molar-refractivity contribution < 1.29 is 24.1 Å². The summed E-state index contributed by atoms with van der Waals surface area (Å²) in [6, 6.07) is 27.7. The molecule has 1 aliphatic rings. The van der Waals surface area contributed by atoms with Crippen LogP contribution in [-0.4, -0.2) is 50.1 Å². The number of hydrogen-bond donors (Lipinski definition) is 2. The monoisotopic (exact) mass is 497 g/mol. The summed E-state index contributed by atoms with van der Waals surface area (Å²) in [6.07, 6.45) is 1.32. The highest BCUT2D eigenvalue weighted by molar-refractivity contribution is 5.96. The third-order valence-electron chi connectivity index (χ3n) is 6.62. The number of nitrogens with one attached hydrogen (secondary N) is 1. The zero-order valence-corrected chi connectivity index (χ0v) is 20.9. The second-order valence-electron chi connectivity index (χ2n) is 9.31. The van der Waals surface area contributed by atoms with Crippen molar-refractivity contribution in [3.63, 3.8) is 0 Å². The Morgan fingerprint density at radius 1 is 1.00 bits per heavy atom. The Morgan fingerprint density at radius 2 is 1.76 bits per heavy atom. The number of aliphatic hydroxyl groups excluding tert-OH is 1. The number of aliphatic hydroxyl groups is 1. The molecule has 4 aromatic carbocycles. The number of esters is 1. The summed E-state index contributed by atoms with van der Waals surface area (Å²) in [7, 11) is 1.39. The van der Waals surface area contributed by atoms with E-state index in [-0.39, 0.29) is 18.7 Å². The van der Waals surface area contributed by atoms with Crippen molar-refractivity contribution in [1.29, 1.82) is 0 Å². The molecule has 0 aliphatic carbocycles. The number of carbonyl (C=O) groups excluding carboxylic acids is 1. The van der Waals surface area contributed by atoms with E-state index in [4.69, 9.17) is 14.2 Å². The Bertz CT molecular complexity index is 1370. The molecule has 5 rings (SSSR count). The molecule has 0 spiro atoms. The van der Waals surface area contributed by atoms with Crippen LogP contribution in [-0.2, 0) is 11.2 Å². The van der Waals surface area contributed by atoms with Gasteiger partial charge in [-0.15, -0.1) is 0 Å². The summed E-state index contributed by atoms with van der Waals surface area (Å²) in [5.41, 5.74) is 4.01. The Balaban J connectivity index is 1.16. The van der Waals surface area contributed by atoms with Gasteiger partial charge in [0.25, 0.3) is 0 Å². The summed E-state index contributed by atoms with van der Waals surface area (Å²) in [6.45, 7) is 1.36. The maximum absolute atomic E-state index is 11.8. The largest absolute Gasteiger partial charge is 0.491 e. The molecule has 2 N–H and O–H groups in total. The van der Waals surface area contributed by atoms with Crippen LogP contribution in [0, 0.1) is 0 Å². The van der Waals surface area contributed by atoms with E-state index in [1.54, 1.807) is 6.07 Å². The van der Waals surface area contributed by atoms with E-state index in [9.17, 15) is 9.90 Å². The first-order valence-electron chi connectivity index (χ1n) is 12.6. The van der Waals surface area contributed by atoms with E-state index >= 15 is 0 Å². The van der Waals surface area contributed by atoms with Crippen LogP contribution >= 0.6 is 0 Å². The number of fused-ring (bicyclic) bond motifs is 2. The Hall–Kier alpha value is -3.87. The van der Waals surface area contributed by atoms with Gasteiger partial charge in [-0.3, -0.25) is 0 Å². The zero-order chi connectivity index (χ0) is 25.6. The van der Waals surface area contributed by atoms with E-state index < -0.39 is 6.10 Å². The number of rotatable bonds is 9. The molecule has 6 heteroatoms. The number of hydrogen-bond acceptors (Lipinski definition) is 6. The molecule has 0 aromatic heterocycles. The van der Waals surface area contributed by atoms with Crippen molar-refractivity contribution >= 4 is 16.7 Å². The highest BCUT2D eigenvalue weighted by Gasteiger charge is 2.20. The average Bonchev–Trinajstić information content (AvgIpc) is 2.95. The fourth-order valence-electron chi connectivity index (χ4n) is 4.62. The molecule has 6 nitrogen and oxygen atoms in total. The van der Waals surface area contributed by atoms with Crippen molar-refractivity contribution in [3.05, 3.63) is 96.1 Å². The predicted octanol–water partition coefficient (Wildman–Crippen LogP) is 5.02. The molecule has 37 heavy (non-hydrogen) atoms. The summed E-state index contributed by atoms with van der Waals surface area (Å²) in [5.74, 6) is 1.34. The van der Waals surface area contributed by atoms with Crippen molar-refractivity contribution in [2.24, 2.45) is 0 Å². The average molecular weight is 498 g/mol. The standard InChI is InChI=1S/C31H31NO5/c1-35-31(34)26-10-9-22-15-21(7-8-23(22)17-26)24-12-14-30-25(16-24)11-13-29(37-30)19-32-18-27(33)20-36-28-5-3-2-4-6-28/h2-10,12,14-17,27,29,32-33H,11,13,18-20H2,1H3. The van der Waals surface area contributed by atoms with E-state index in [2.05, 4.69) is 29.6 Å². The topological polar surface area (TPSA) is 77.0 Å². The highest BCUT2D eigenvalue weighted by Crippen LogP contribution is 2.33. The molecule has 0 fully saturated rings. The van der Waals surface area contributed by atoms with Gasteiger partial charge in [-0.05, 0) is 82.8 Å². The number of carbonyl (C=O) groups is 1. The molecule has 2 unspecified atom stereocenters. The molecule has 1 aliphatic heterocycles. The first-order chi connectivity index (χ1) is 18.1. The number of para-hydroxylation sites is 1. The summed E-state index contributed by atoms with van der Waals surface area (Å²) >= 11 is 0. The zero-order valence-electron chi connectivity index (χ0n) is 20.9. The van der Waals surface area contributed by atoms with Crippen molar-refractivity contribution in [3.8, 4) is 22.6 Å². The van der Waals surface area contributed by atoms with E-state index in [0.29, 0.717) is 18.7 Å². The van der Waals surface area contributed by atoms with Crippen molar-refractivity contribution in [2.75, 3.05) is 26.8 Å². The minimum Gasteiger partial charge on any atom is -0.491 e. The lowest BCUT2D eigenvalue weighted by Gasteiger charge is -2.27. The molecular weight excluding hydrogens is 466 g/mol. The summed E-state index contributed by atoms with van der Waals surface area (Å²) in [5, 5.41) is 15.6. The second-order valence-corrected chi connectivity index (χ2v) is 9.31. The number of benzene rings is 4. The molecule has 0 amide bonds. The van der Waals surface area contributed by atoms with E-state index in [0.717, 1.165) is 46.2 Å². The second kappa shape index (κ2) is 11.5. The van der Waals surface area contributed by atoms with E-state index in [1.165, 1.54) is 12.7 Å². The molecule has 0 saturated carbocycles. The third-order valence-corrected chi connectivity index (χ3v) is 6.62. The minimum atomic E-state index is -0.590. The number of ether oxygens (including phenoxy) is 3. The molecule has 0 bridgehead atoms. The first kappa shape index (κ1) is 24.8. The van der Waals surface area contributed by atoms with E-state index in [1.807, 2.05) is 54.6 Å². The van der Waals surface area contributed by atoms with Crippen LogP contribution in [0.25, 0.3) is 21.9 Å². The van der Waals surface area contributed by atoms with Crippen LogP contribution in [0.5, 0.6) is 11.5 Å². The molecule has 0 saturated heterocycles. The van der Waals surface area contributed by atoms with Crippen LogP contribution in [0.1, 0.15) is 22.3 Å². The lowest BCUT2D eigenvalue weighted by molar-refractivity contribution is 0.0601. The van der Waals surface area contributed by atoms with Gasteiger partial charge in [0.2, 0.25) is 0 Å². The number of methoxy groups -OCH3 is 1. The van der Waals surface area contributed by atoms with Crippen molar-refractivity contribution in [2.45, 2.75) is 25.0 Å². The van der Waals surface area contributed by atoms with Crippen LogP contribution in [0.15, 0.2) is 84.9 Å². The molecule has 0 radical (unpaired) electrons. The van der Waals surface area contributed by atoms with Gasteiger partial charge in [0.15, 0.2) is 0 Å². The normalized spacial score (nSPS) is 15.5. The van der Waals surface area contributed by atoms with Crippen LogP contribution in [0.4, 0.5) is 0 Å². The fraction of sp³-hybridized carbons (Fsp3) is 0.258.